The Morgan fingerprint density at radius 1 is 0.879 bits per heavy atom. The number of halogens is 2. The van der Waals surface area contributed by atoms with E-state index in [1.54, 1.807) is 0 Å². The van der Waals surface area contributed by atoms with Crippen molar-refractivity contribution < 1.29 is 14.0 Å². The number of carbonyl (C=O) groups excluding carboxylic acids is 2. The van der Waals surface area contributed by atoms with Gasteiger partial charge in [-0.15, -0.1) is 0 Å². The summed E-state index contributed by atoms with van der Waals surface area (Å²) < 4.78 is 13.2. The molecule has 2 N–H and O–H groups in total. The summed E-state index contributed by atoms with van der Waals surface area (Å²) in [4.78, 5) is 29.1. The third-order valence-electron chi connectivity index (χ3n) is 5.61. The maximum atomic E-state index is 13.2. The average molecular weight is 467 g/mol. The van der Waals surface area contributed by atoms with Crippen molar-refractivity contribution in [1.29, 1.82) is 0 Å². The van der Waals surface area contributed by atoms with Crippen LogP contribution >= 0.6 is 11.6 Å². The molecular formula is C25H24ClFN4O2. The molecule has 33 heavy (non-hydrogen) atoms. The minimum atomic E-state index is -0.543. The molecule has 1 aliphatic rings. The van der Waals surface area contributed by atoms with Gasteiger partial charge in [-0.25, -0.2) is 9.18 Å². The third-order valence-corrected chi connectivity index (χ3v) is 5.90. The van der Waals surface area contributed by atoms with E-state index in [-0.39, 0.29) is 10.9 Å². The third kappa shape index (κ3) is 5.43. The van der Waals surface area contributed by atoms with Crippen molar-refractivity contribution in [2.75, 3.05) is 41.7 Å². The molecule has 1 heterocycles. The van der Waals surface area contributed by atoms with Gasteiger partial charge in [-0.05, 0) is 61.0 Å². The van der Waals surface area contributed by atoms with Gasteiger partial charge >= 0.3 is 6.03 Å². The second-order valence-corrected chi connectivity index (χ2v) is 8.26. The second-order valence-electron chi connectivity index (χ2n) is 7.85. The topological polar surface area (TPSA) is 64.7 Å². The largest absolute Gasteiger partial charge is 0.368 e. The molecule has 3 aromatic rings. The van der Waals surface area contributed by atoms with Crippen LogP contribution in [0.2, 0.25) is 5.02 Å². The van der Waals surface area contributed by atoms with Crippen LogP contribution in [0.1, 0.15) is 15.9 Å². The first kappa shape index (κ1) is 22.6. The Balaban J connectivity index is 1.30. The molecule has 4 rings (SSSR count). The summed E-state index contributed by atoms with van der Waals surface area (Å²) in [6, 6.07) is 18.7. The summed E-state index contributed by atoms with van der Waals surface area (Å²) >= 11 is 5.74. The number of benzene rings is 3. The number of rotatable bonds is 4. The van der Waals surface area contributed by atoms with Gasteiger partial charge in [0.2, 0.25) is 0 Å². The van der Waals surface area contributed by atoms with Crippen LogP contribution in [0.25, 0.3) is 0 Å². The van der Waals surface area contributed by atoms with Crippen molar-refractivity contribution in [2.45, 2.75) is 6.92 Å². The highest BCUT2D eigenvalue weighted by Gasteiger charge is 2.23. The monoisotopic (exact) mass is 466 g/mol. The lowest BCUT2D eigenvalue weighted by Gasteiger charge is -2.36. The molecule has 170 valence electrons. The predicted octanol–water partition coefficient (Wildman–Crippen LogP) is 5.39. The van der Waals surface area contributed by atoms with Crippen molar-refractivity contribution in [3.63, 3.8) is 0 Å². The first-order chi connectivity index (χ1) is 15.9. The molecule has 0 bridgehead atoms. The lowest BCUT2D eigenvalue weighted by Crippen LogP contribution is -2.48. The van der Waals surface area contributed by atoms with Gasteiger partial charge < -0.3 is 20.4 Å². The minimum absolute atomic E-state index is 0.0575. The molecule has 6 nitrogen and oxygen atoms in total. The smallest absolute Gasteiger partial charge is 0.323 e. The summed E-state index contributed by atoms with van der Waals surface area (Å²) in [6.45, 7) is 4.71. The highest BCUT2D eigenvalue weighted by Crippen LogP contribution is 2.22. The number of nitrogens with one attached hydrogen (secondary N) is 2. The Morgan fingerprint density at radius 2 is 1.52 bits per heavy atom. The van der Waals surface area contributed by atoms with Crippen molar-refractivity contribution >= 4 is 40.6 Å². The van der Waals surface area contributed by atoms with Crippen molar-refractivity contribution in [2.24, 2.45) is 0 Å². The Kier molecular flexibility index (Phi) is 6.79. The molecule has 0 saturated carbocycles. The minimum Gasteiger partial charge on any atom is -0.368 e. The molecule has 0 unspecified atom stereocenters. The van der Waals surface area contributed by atoms with Gasteiger partial charge in [0.05, 0.1) is 5.02 Å². The number of hydrogen-bond donors (Lipinski definition) is 2. The van der Waals surface area contributed by atoms with Crippen LogP contribution in [0, 0.1) is 12.7 Å². The zero-order valence-corrected chi connectivity index (χ0v) is 18.9. The van der Waals surface area contributed by atoms with E-state index in [2.05, 4.69) is 15.5 Å². The fourth-order valence-corrected chi connectivity index (χ4v) is 3.95. The lowest BCUT2D eigenvalue weighted by molar-refractivity contribution is 0.0746. The Labute approximate surface area is 197 Å². The molecular weight excluding hydrogens is 443 g/mol. The maximum absolute atomic E-state index is 13.2. The summed E-state index contributed by atoms with van der Waals surface area (Å²) in [7, 11) is 0. The van der Waals surface area contributed by atoms with E-state index in [1.165, 1.54) is 18.2 Å². The van der Waals surface area contributed by atoms with E-state index < -0.39 is 11.8 Å². The molecule has 1 aliphatic heterocycles. The van der Waals surface area contributed by atoms with Gasteiger partial charge in [-0.3, -0.25) is 4.79 Å². The highest BCUT2D eigenvalue weighted by molar-refractivity contribution is 6.31. The van der Waals surface area contributed by atoms with Crippen LogP contribution in [0.15, 0.2) is 66.7 Å². The molecule has 0 aliphatic carbocycles. The SMILES string of the molecule is Cc1ccccc1C(=O)N1CCN(c2ccc(NC(=O)Nc3ccc(F)c(Cl)c3)cc2)CC1. The van der Waals surface area contributed by atoms with E-state index in [1.807, 2.05) is 60.4 Å². The molecule has 0 radical (unpaired) electrons. The summed E-state index contributed by atoms with van der Waals surface area (Å²) in [5.41, 5.74) is 3.78. The van der Waals surface area contributed by atoms with Crippen LogP contribution in [0.4, 0.5) is 26.2 Å². The van der Waals surface area contributed by atoms with Gasteiger partial charge in [-0.1, -0.05) is 29.8 Å². The number of anilines is 3. The number of carbonyl (C=O) groups is 2. The van der Waals surface area contributed by atoms with Crippen molar-refractivity contribution in [1.82, 2.24) is 4.90 Å². The van der Waals surface area contributed by atoms with Gasteiger partial charge in [-0.2, -0.15) is 0 Å². The quantitative estimate of drug-likeness (QED) is 0.541. The molecule has 3 aromatic carbocycles. The first-order valence-electron chi connectivity index (χ1n) is 10.6. The lowest BCUT2D eigenvalue weighted by atomic mass is 10.1. The fraction of sp³-hybridized carbons (Fsp3) is 0.200. The van der Waals surface area contributed by atoms with Gasteiger partial charge in [0.25, 0.3) is 5.91 Å². The maximum Gasteiger partial charge on any atom is 0.323 e. The molecule has 8 heteroatoms. The standard InChI is InChI=1S/C25H24ClFN4O2/c1-17-4-2-3-5-21(17)24(32)31-14-12-30(13-15-31)20-9-6-18(7-10-20)28-25(33)29-19-8-11-23(27)22(26)16-19/h2-11,16H,12-15H2,1H3,(H2,28,29,33). The van der Waals surface area contributed by atoms with E-state index >= 15 is 0 Å². The van der Waals surface area contributed by atoms with Crippen LogP contribution in [0.5, 0.6) is 0 Å². The predicted molar refractivity (Wildman–Crippen MR) is 130 cm³/mol. The number of aryl methyl sites for hydroxylation is 1. The number of nitrogens with zero attached hydrogens (tertiary/aromatic N) is 2. The normalized spacial score (nSPS) is 13.5. The van der Waals surface area contributed by atoms with Crippen LogP contribution in [-0.2, 0) is 0 Å². The van der Waals surface area contributed by atoms with E-state index in [0.29, 0.717) is 24.5 Å². The zero-order valence-electron chi connectivity index (χ0n) is 18.1. The first-order valence-corrected chi connectivity index (χ1v) is 11.0. The van der Waals surface area contributed by atoms with E-state index in [9.17, 15) is 14.0 Å². The molecule has 1 saturated heterocycles. The number of urea groups is 1. The van der Waals surface area contributed by atoms with E-state index in [4.69, 9.17) is 11.6 Å². The number of hydrogen-bond acceptors (Lipinski definition) is 3. The molecule has 0 atom stereocenters. The molecule has 3 amide bonds. The summed E-state index contributed by atoms with van der Waals surface area (Å²) in [5.74, 6) is -0.473. The van der Waals surface area contributed by atoms with Gasteiger partial charge in [0.15, 0.2) is 0 Å². The van der Waals surface area contributed by atoms with Gasteiger partial charge in [0, 0.05) is 48.8 Å². The van der Waals surface area contributed by atoms with Crippen LogP contribution in [-0.4, -0.2) is 43.0 Å². The molecule has 1 fully saturated rings. The number of piperazine rings is 1. The average Bonchev–Trinajstić information content (AvgIpc) is 2.82. The summed E-state index contributed by atoms with van der Waals surface area (Å²) in [6.07, 6.45) is 0. The summed E-state index contributed by atoms with van der Waals surface area (Å²) in [5, 5.41) is 5.30. The van der Waals surface area contributed by atoms with Crippen molar-refractivity contribution in [3.05, 3.63) is 88.7 Å². The number of amides is 3. The second kappa shape index (κ2) is 9.92. The Bertz CT molecular complexity index is 1160. The van der Waals surface area contributed by atoms with Gasteiger partial charge in [0.1, 0.15) is 5.82 Å². The Morgan fingerprint density at radius 3 is 2.18 bits per heavy atom. The zero-order chi connectivity index (χ0) is 23.4. The molecule has 0 spiro atoms. The fourth-order valence-electron chi connectivity index (χ4n) is 3.77. The highest BCUT2D eigenvalue weighted by atomic mass is 35.5. The molecule has 0 aromatic heterocycles. The van der Waals surface area contributed by atoms with Crippen LogP contribution < -0.4 is 15.5 Å². The Hall–Kier alpha value is -3.58. The van der Waals surface area contributed by atoms with E-state index in [0.717, 1.165) is 29.9 Å². The van der Waals surface area contributed by atoms with Crippen molar-refractivity contribution in [3.8, 4) is 0 Å². The van der Waals surface area contributed by atoms with Crippen LogP contribution in [0.3, 0.4) is 0 Å².